The van der Waals surface area contributed by atoms with Gasteiger partial charge in [-0.15, -0.1) is 6.58 Å². The maximum atomic E-state index is 3.70. The standard InChI is InChI=1S/C8H17Si/c1-3-5-6-8-9-7-4-2/h4,9H,2-3,5-8H2,1H3. The molecule has 0 unspecified atom stereocenters. The van der Waals surface area contributed by atoms with E-state index in [1.165, 1.54) is 31.4 Å². The minimum Gasteiger partial charge on any atom is -0.103 e. The Kier molecular flexibility index (Phi) is 7.92. The molecule has 0 aromatic heterocycles. The Labute approximate surface area is 61.2 Å². The van der Waals surface area contributed by atoms with Crippen molar-refractivity contribution in [2.45, 2.75) is 38.3 Å². The highest BCUT2D eigenvalue weighted by Crippen LogP contribution is 1.99. The van der Waals surface area contributed by atoms with Crippen molar-refractivity contribution in [2.75, 3.05) is 0 Å². The predicted octanol–water partition coefficient (Wildman–Crippen LogP) is 2.64. The molecule has 0 amide bonds. The fourth-order valence-corrected chi connectivity index (χ4v) is 1.82. The van der Waals surface area contributed by atoms with Crippen LogP contribution in [0.2, 0.25) is 12.1 Å². The second-order valence-electron chi connectivity index (χ2n) is 2.31. The minimum atomic E-state index is 0.698. The summed E-state index contributed by atoms with van der Waals surface area (Å²) in [5, 5.41) is 0. The van der Waals surface area contributed by atoms with Gasteiger partial charge in [0, 0.05) is 9.52 Å². The molecule has 0 saturated heterocycles. The molecule has 0 N–H and O–H groups in total. The Balaban J connectivity index is 2.66. The first-order valence-corrected chi connectivity index (χ1v) is 5.47. The molecule has 0 aliphatic rings. The molecule has 0 saturated carbocycles. The van der Waals surface area contributed by atoms with Crippen LogP contribution in [0.3, 0.4) is 0 Å². The largest absolute Gasteiger partial charge is 0.103 e. The molecule has 0 spiro atoms. The molecule has 0 heterocycles. The predicted molar refractivity (Wildman–Crippen MR) is 46.5 cm³/mol. The van der Waals surface area contributed by atoms with Crippen LogP contribution in [0.1, 0.15) is 26.2 Å². The molecule has 0 aliphatic carbocycles. The molecule has 0 nitrogen and oxygen atoms in total. The topological polar surface area (TPSA) is 0 Å². The van der Waals surface area contributed by atoms with Gasteiger partial charge in [-0.05, 0) is 6.04 Å². The molecular formula is C8H17Si. The molecule has 0 fully saturated rings. The highest BCUT2D eigenvalue weighted by atomic mass is 28.2. The van der Waals surface area contributed by atoms with Gasteiger partial charge in [0.05, 0.1) is 0 Å². The average molecular weight is 141 g/mol. The van der Waals surface area contributed by atoms with Crippen molar-refractivity contribution >= 4 is 9.52 Å². The Morgan fingerprint density at radius 3 is 2.78 bits per heavy atom. The monoisotopic (exact) mass is 141 g/mol. The van der Waals surface area contributed by atoms with Gasteiger partial charge in [-0.25, -0.2) is 0 Å². The van der Waals surface area contributed by atoms with Crippen LogP contribution in [0, 0.1) is 0 Å². The maximum Gasteiger partial charge on any atom is 0.0322 e. The third-order valence-electron chi connectivity index (χ3n) is 1.35. The lowest BCUT2D eigenvalue weighted by Gasteiger charge is -1.93. The van der Waals surface area contributed by atoms with E-state index < -0.39 is 0 Å². The third kappa shape index (κ3) is 7.96. The molecule has 0 rings (SSSR count). The van der Waals surface area contributed by atoms with Gasteiger partial charge in [0.25, 0.3) is 0 Å². The SMILES string of the molecule is C=CC[SiH]CCCCC. The second-order valence-corrected chi connectivity index (χ2v) is 3.93. The van der Waals surface area contributed by atoms with Gasteiger partial charge in [0.1, 0.15) is 0 Å². The van der Waals surface area contributed by atoms with Gasteiger partial charge >= 0.3 is 0 Å². The lowest BCUT2D eigenvalue weighted by molar-refractivity contribution is 0.768. The van der Waals surface area contributed by atoms with E-state index >= 15 is 0 Å². The second kappa shape index (κ2) is 7.96. The molecule has 0 atom stereocenters. The molecule has 1 radical (unpaired) electrons. The molecular weight excluding hydrogens is 124 g/mol. The summed E-state index contributed by atoms with van der Waals surface area (Å²) < 4.78 is 0. The van der Waals surface area contributed by atoms with Crippen LogP contribution in [0.4, 0.5) is 0 Å². The van der Waals surface area contributed by atoms with Crippen molar-refractivity contribution in [1.82, 2.24) is 0 Å². The Morgan fingerprint density at radius 1 is 1.44 bits per heavy atom. The van der Waals surface area contributed by atoms with Crippen LogP contribution < -0.4 is 0 Å². The Morgan fingerprint density at radius 2 is 2.22 bits per heavy atom. The zero-order chi connectivity index (χ0) is 6.95. The van der Waals surface area contributed by atoms with Crippen molar-refractivity contribution in [3.8, 4) is 0 Å². The van der Waals surface area contributed by atoms with Gasteiger partial charge in [0.2, 0.25) is 0 Å². The van der Waals surface area contributed by atoms with Gasteiger partial charge in [-0.3, -0.25) is 0 Å². The molecule has 0 bridgehead atoms. The number of allylic oxidation sites excluding steroid dienone is 1. The van der Waals surface area contributed by atoms with Crippen molar-refractivity contribution in [3.05, 3.63) is 12.7 Å². The number of hydrogen-bond acceptors (Lipinski definition) is 0. The molecule has 0 aromatic rings. The number of hydrogen-bond donors (Lipinski definition) is 0. The summed E-state index contributed by atoms with van der Waals surface area (Å²) in [4.78, 5) is 0. The van der Waals surface area contributed by atoms with Crippen LogP contribution in [-0.4, -0.2) is 9.52 Å². The van der Waals surface area contributed by atoms with Crippen LogP contribution in [0.15, 0.2) is 12.7 Å². The van der Waals surface area contributed by atoms with E-state index in [0.29, 0.717) is 9.52 Å². The minimum absolute atomic E-state index is 0.698. The van der Waals surface area contributed by atoms with E-state index in [1.54, 1.807) is 0 Å². The highest BCUT2D eigenvalue weighted by Gasteiger charge is 1.85. The van der Waals surface area contributed by atoms with Crippen LogP contribution >= 0.6 is 0 Å². The van der Waals surface area contributed by atoms with E-state index in [0.717, 1.165) is 0 Å². The lowest BCUT2D eigenvalue weighted by Crippen LogP contribution is -1.85. The fraction of sp³-hybridized carbons (Fsp3) is 0.750. The van der Waals surface area contributed by atoms with Crippen LogP contribution in [0.5, 0.6) is 0 Å². The highest BCUT2D eigenvalue weighted by molar-refractivity contribution is 6.35. The van der Waals surface area contributed by atoms with Crippen molar-refractivity contribution in [2.24, 2.45) is 0 Å². The summed E-state index contributed by atoms with van der Waals surface area (Å²) in [6.45, 7) is 5.95. The van der Waals surface area contributed by atoms with Gasteiger partial charge in [-0.1, -0.05) is 38.3 Å². The van der Waals surface area contributed by atoms with E-state index in [4.69, 9.17) is 0 Å². The first-order chi connectivity index (χ1) is 4.41. The van der Waals surface area contributed by atoms with Crippen molar-refractivity contribution < 1.29 is 0 Å². The van der Waals surface area contributed by atoms with Crippen molar-refractivity contribution in [3.63, 3.8) is 0 Å². The van der Waals surface area contributed by atoms with Gasteiger partial charge in [-0.2, -0.15) is 0 Å². The smallest absolute Gasteiger partial charge is 0.0322 e. The van der Waals surface area contributed by atoms with Gasteiger partial charge in [0.15, 0.2) is 0 Å². The summed E-state index contributed by atoms with van der Waals surface area (Å²) in [5.74, 6) is 0. The summed E-state index contributed by atoms with van der Waals surface area (Å²) in [5.41, 5.74) is 0. The van der Waals surface area contributed by atoms with Crippen LogP contribution in [0.25, 0.3) is 0 Å². The quantitative estimate of drug-likeness (QED) is 0.303. The zero-order valence-corrected chi connectivity index (χ0v) is 7.55. The number of rotatable bonds is 6. The number of unbranched alkanes of at least 4 members (excludes halogenated alkanes) is 2. The third-order valence-corrected chi connectivity index (χ3v) is 2.83. The Bertz CT molecular complexity index is 59.6. The molecule has 53 valence electrons. The molecule has 0 aliphatic heterocycles. The fourth-order valence-electron chi connectivity index (χ4n) is 0.774. The summed E-state index contributed by atoms with van der Waals surface area (Å²) in [7, 11) is 0.698. The molecule has 9 heavy (non-hydrogen) atoms. The first-order valence-electron chi connectivity index (χ1n) is 3.84. The van der Waals surface area contributed by atoms with E-state index in [1.807, 2.05) is 6.08 Å². The normalized spacial score (nSPS) is 9.44. The zero-order valence-electron chi connectivity index (χ0n) is 6.40. The summed E-state index contributed by atoms with van der Waals surface area (Å²) in [6.07, 6.45) is 6.26. The average Bonchev–Trinajstić information content (AvgIpc) is 1.89. The Hall–Kier alpha value is -0.0431. The summed E-state index contributed by atoms with van der Waals surface area (Å²) >= 11 is 0. The molecule has 0 aromatic carbocycles. The maximum absolute atomic E-state index is 3.70. The van der Waals surface area contributed by atoms with Crippen molar-refractivity contribution in [1.29, 1.82) is 0 Å². The van der Waals surface area contributed by atoms with Gasteiger partial charge < -0.3 is 0 Å². The summed E-state index contributed by atoms with van der Waals surface area (Å²) in [6, 6.07) is 2.75. The first kappa shape index (κ1) is 8.96. The molecule has 1 heteroatoms. The van der Waals surface area contributed by atoms with E-state index in [-0.39, 0.29) is 0 Å². The van der Waals surface area contributed by atoms with Crippen LogP contribution in [-0.2, 0) is 0 Å². The van der Waals surface area contributed by atoms with E-state index in [2.05, 4.69) is 13.5 Å². The lowest BCUT2D eigenvalue weighted by atomic mass is 10.3. The van der Waals surface area contributed by atoms with E-state index in [9.17, 15) is 0 Å².